The molecule has 0 fully saturated rings. The summed E-state index contributed by atoms with van der Waals surface area (Å²) in [6, 6.07) is 15.4. The lowest BCUT2D eigenvalue weighted by Crippen LogP contribution is -2.34. The standard InChI is InChI=1S/C20H22N2O2S/c1-14(2)11-21-20(24)16-9-7-15(8-10-16)12-22-17-5-3-4-6-18(17)25-13-19(22)23/h3-10,14H,11-13H2,1-2H3,(H,21,24). The van der Waals surface area contributed by atoms with Crippen molar-refractivity contribution in [3.05, 3.63) is 59.7 Å². The SMILES string of the molecule is CC(C)CNC(=O)c1ccc(CN2C(=O)CSc3ccccc32)cc1. The molecule has 0 spiro atoms. The average molecular weight is 354 g/mol. The van der Waals surface area contributed by atoms with E-state index in [0.717, 1.165) is 16.1 Å². The number of nitrogens with zero attached hydrogens (tertiary/aromatic N) is 1. The molecule has 0 saturated heterocycles. The van der Waals surface area contributed by atoms with E-state index in [1.165, 1.54) is 0 Å². The first-order valence-electron chi connectivity index (χ1n) is 8.44. The maximum atomic E-state index is 12.3. The molecule has 0 aromatic heterocycles. The second kappa shape index (κ2) is 7.74. The Kier molecular flexibility index (Phi) is 5.43. The van der Waals surface area contributed by atoms with Gasteiger partial charge in [-0.15, -0.1) is 11.8 Å². The summed E-state index contributed by atoms with van der Waals surface area (Å²) in [7, 11) is 0. The fourth-order valence-corrected chi connectivity index (χ4v) is 3.61. The van der Waals surface area contributed by atoms with Crippen molar-refractivity contribution in [2.24, 2.45) is 5.92 Å². The first-order chi connectivity index (χ1) is 12.0. The van der Waals surface area contributed by atoms with E-state index in [9.17, 15) is 9.59 Å². The van der Waals surface area contributed by atoms with Crippen molar-refractivity contribution in [1.82, 2.24) is 5.32 Å². The molecular weight excluding hydrogens is 332 g/mol. The molecule has 5 heteroatoms. The topological polar surface area (TPSA) is 49.4 Å². The molecule has 0 radical (unpaired) electrons. The Morgan fingerprint density at radius 2 is 1.88 bits per heavy atom. The molecule has 3 rings (SSSR count). The monoisotopic (exact) mass is 354 g/mol. The van der Waals surface area contributed by atoms with Gasteiger partial charge in [-0.3, -0.25) is 9.59 Å². The predicted molar refractivity (Wildman–Crippen MR) is 102 cm³/mol. The lowest BCUT2D eigenvalue weighted by Gasteiger charge is -2.29. The number of carbonyl (C=O) groups is 2. The molecule has 1 aliphatic heterocycles. The molecular formula is C20H22N2O2S. The van der Waals surface area contributed by atoms with Gasteiger partial charge in [-0.2, -0.15) is 0 Å². The second-order valence-corrected chi connectivity index (χ2v) is 7.55. The van der Waals surface area contributed by atoms with Gasteiger partial charge in [0.05, 0.1) is 18.0 Å². The molecule has 25 heavy (non-hydrogen) atoms. The molecule has 2 amide bonds. The minimum absolute atomic E-state index is 0.0592. The third-order valence-corrected chi connectivity index (χ3v) is 5.08. The molecule has 1 N–H and O–H groups in total. The molecule has 4 nitrogen and oxygen atoms in total. The smallest absolute Gasteiger partial charge is 0.251 e. The van der Waals surface area contributed by atoms with Gasteiger partial charge < -0.3 is 10.2 Å². The van der Waals surface area contributed by atoms with Crippen molar-refractivity contribution in [3.63, 3.8) is 0 Å². The number of para-hydroxylation sites is 1. The molecule has 0 atom stereocenters. The van der Waals surface area contributed by atoms with E-state index >= 15 is 0 Å². The van der Waals surface area contributed by atoms with E-state index in [1.54, 1.807) is 11.8 Å². The van der Waals surface area contributed by atoms with E-state index < -0.39 is 0 Å². The van der Waals surface area contributed by atoms with Crippen LogP contribution < -0.4 is 10.2 Å². The molecule has 2 aromatic rings. The number of anilines is 1. The Hall–Kier alpha value is -2.27. The number of benzene rings is 2. The van der Waals surface area contributed by atoms with Gasteiger partial charge in [0, 0.05) is 17.0 Å². The Balaban J connectivity index is 1.71. The van der Waals surface area contributed by atoms with Gasteiger partial charge in [-0.05, 0) is 35.7 Å². The van der Waals surface area contributed by atoms with Crippen molar-refractivity contribution in [1.29, 1.82) is 0 Å². The second-order valence-electron chi connectivity index (χ2n) is 6.54. The largest absolute Gasteiger partial charge is 0.352 e. The van der Waals surface area contributed by atoms with Gasteiger partial charge in [0.2, 0.25) is 5.91 Å². The molecule has 1 aliphatic rings. The quantitative estimate of drug-likeness (QED) is 0.890. The minimum Gasteiger partial charge on any atom is -0.352 e. The number of thioether (sulfide) groups is 1. The highest BCUT2D eigenvalue weighted by Crippen LogP contribution is 2.35. The normalized spacial score (nSPS) is 13.7. The van der Waals surface area contributed by atoms with Gasteiger partial charge in [0.25, 0.3) is 5.91 Å². The molecule has 2 aromatic carbocycles. The number of rotatable bonds is 5. The van der Waals surface area contributed by atoms with Crippen LogP contribution in [-0.2, 0) is 11.3 Å². The molecule has 130 valence electrons. The van der Waals surface area contributed by atoms with Crippen LogP contribution in [0.3, 0.4) is 0 Å². The van der Waals surface area contributed by atoms with Crippen molar-refractivity contribution < 1.29 is 9.59 Å². The van der Waals surface area contributed by atoms with Gasteiger partial charge in [0.1, 0.15) is 0 Å². The van der Waals surface area contributed by atoms with E-state index in [-0.39, 0.29) is 11.8 Å². The van der Waals surface area contributed by atoms with E-state index in [1.807, 2.05) is 53.4 Å². The fourth-order valence-electron chi connectivity index (χ4n) is 2.67. The number of fused-ring (bicyclic) bond motifs is 1. The summed E-state index contributed by atoms with van der Waals surface area (Å²) < 4.78 is 0. The lowest BCUT2D eigenvalue weighted by molar-refractivity contribution is -0.116. The molecule has 1 heterocycles. The van der Waals surface area contributed by atoms with Crippen LogP contribution in [0.25, 0.3) is 0 Å². The van der Waals surface area contributed by atoms with E-state index in [4.69, 9.17) is 0 Å². The third-order valence-electron chi connectivity index (χ3n) is 4.04. The summed E-state index contributed by atoms with van der Waals surface area (Å²) in [5.41, 5.74) is 2.61. The third kappa shape index (κ3) is 4.23. The zero-order valence-electron chi connectivity index (χ0n) is 14.5. The number of carbonyl (C=O) groups excluding carboxylic acids is 2. The number of hydrogen-bond donors (Lipinski definition) is 1. The van der Waals surface area contributed by atoms with Crippen molar-refractivity contribution in [3.8, 4) is 0 Å². The van der Waals surface area contributed by atoms with Gasteiger partial charge in [-0.25, -0.2) is 0 Å². The summed E-state index contributed by atoms with van der Waals surface area (Å²) >= 11 is 1.58. The van der Waals surface area contributed by atoms with Crippen LogP contribution >= 0.6 is 11.8 Å². The fraction of sp³-hybridized carbons (Fsp3) is 0.300. The maximum Gasteiger partial charge on any atom is 0.251 e. The number of hydrogen-bond acceptors (Lipinski definition) is 3. The van der Waals surface area contributed by atoms with Gasteiger partial charge >= 0.3 is 0 Å². The minimum atomic E-state index is -0.0592. The van der Waals surface area contributed by atoms with Crippen LogP contribution in [0.1, 0.15) is 29.8 Å². The maximum absolute atomic E-state index is 12.3. The van der Waals surface area contributed by atoms with Crippen molar-refractivity contribution in [2.75, 3.05) is 17.2 Å². The molecule has 0 unspecified atom stereocenters. The summed E-state index contributed by atoms with van der Waals surface area (Å²) in [5, 5.41) is 2.91. The van der Waals surface area contributed by atoms with Crippen LogP contribution in [0.5, 0.6) is 0 Å². The zero-order chi connectivity index (χ0) is 17.8. The molecule has 0 aliphatic carbocycles. The van der Waals surface area contributed by atoms with Crippen LogP contribution in [0.4, 0.5) is 5.69 Å². The Morgan fingerprint density at radius 3 is 2.60 bits per heavy atom. The van der Waals surface area contributed by atoms with Crippen LogP contribution in [0.2, 0.25) is 0 Å². The van der Waals surface area contributed by atoms with Crippen LogP contribution in [-0.4, -0.2) is 24.1 Å². The Morgan fingerprint density at radius 1 is 1.16 bits per heavy atom. The summed E-state index contributed by atoms with van der Waals surface area (Å²) in [6.45, 7) is 5.31. The van der Waals surface area contributed by atoms with Gasteiger partial charge in [0.15, 0.2) is 0 Å². The highest BCUT2D eigenvalue weighted by molar-refractivity contribution is 8.00. The predicted octanol–water partition coefficient (Wildman–Crippen LogP) is 3.71. The lowest BCUT2D eigenvalue weighted by atomic mass is 10.1. The van der Waals surface area contributed by atoms with Gasteiger partial charge in [-0.1, -0.05) is 38.1 Å². The van der Waals surface area contributed by atoms with E-state index in [2.05, 4.69) is 19.2 Å². The van der Waals surface area contributed by atoms with Crippen LogP contribution in [0, 0.1) is 5.92 Å². The van der Waals surface area contributed by atoms with Crippen LogP contribution in [0.15, 0.2) is 53.4 Å². The number of amides is 2. The highest BCUT2D eigenvalue weighted by atomic mass is 32.2. The molecule has 0 bridgehead atoms. The zero-order valence-corrected chi connectivity index (χ0v) is 15.3. The highest BCUT2D eigenvalue weighted by Gasteiger charge is 2.24. The van der Waals surface area contributed by atoms with Crippen molar-refractivity contribution in [2.45, 2.75) is 25.3 Å². The first kappa shape index (κ1) is 17.5. The Bertz CT molecular complexity index is 772. The first-order valence-corrected chi connectivity index (χ1v) is 9.42. The van der Waals surface area contributed by atoms with Crippen molar-refractivity contribution >= 4 is 29.3 Å². The van der Waals surface area contributed by atoms with E-state index in [0.29, 0.717) is 30.3 Å². The summed E-state index contributed by atoms with van der Waals surface area (Å²) in [4.78, 5) is 27.4. The summed E-state index contributed by atoms with van der Waals surface area (Å²) in [6.07, 6.45) is 0. The summed E-state index contributed by atoms with van der Waals surface area (Å²) in [5.74, 6) is 0.942. The Labute approximate surface area is 152 Å². The average Bonchev–Trinajstić information content (AvgIpc) is 2.62. The molecule has 0 saturated carbocycles. The number of nitrogens with one attached hydrogen (secondary N) is 1.